The van der Waals surface area contributed by atoms with Gasteiger partial charge < -0.3 is 29.9 Å². The third-order valence-corrected chi connectivity index (χ3v) is 3.32. The maximum Gasteiger partial charge on any atom is 0.0698 e. The normalized spacial score (nSPS) is 10.9. The van der Waals surface area contributed by atoms with Crippen molar-refractivity contribution in [2.45, 2.75) is 13.3 Å². The first-order valence-electron chi connectivity index (χ1n) is 8.35. The largest absolute Gasteiger partial charge is 0.394 e. The fourth-order valence-electron chi connectivity index (χ4n) is 2.17. The predicted molar refractivity (Wildman–Crippen MR) is 98.3 cm³/mol. The zero-order valence-electron chi connectivity index (χ0n) is 15.1. The van der Waals surface area contributed by atoms with Gasteiger partial charge in [-0.05, 0) is 17.5 Å². The van der Waals surface area contributed by atoms with Crippen LogP contribution < -0.4 is 0 Å². The molecule has 0 heterocycles. The van der Waals surface area contributed by atoms with Gasteiger partial charge in [0.1, 0.15) is 0 Å². The molecule has 0 bridgehead atoms. The lowest BCUT2D eigenvalue weighted by Gasteiger charge is -2.29. The summed E-state index contributed by atoms with van der Waals surface area (Å²) in [6.07, 6.45) is 2.62. The molecule has 144 valence electrons. The molecule has 6 heteroatoms. The third kappa shape index (κ3) is 11.8. The van der Waals surface area contributed by atoms with Gasteiger partial charge in [-0.1, -0.05) is 43.8 Å². The third-order valence-electron chi connectivity index (χ3n) is 3.32. The molecule has 0 saturated carbocycles. The number of hydrogen-bond donors (Lipinski definition) is 4. The molecule has 0 aliphatic rings. The van der Waals surface area contributed by atoms with Gasteiger partial charge in [0.05, 0.1) is 52.9 Å². The molecule has 0 amide bonds. The lowest BCUT2D eigenvalue weighted by Crippen LogP contribution is -2.32. The van der Waals surface area contributed by atoms with Crippen molar-refractivity contribution in [3.05, 3.63) is 42.0 Å². The Bertz CT molecular complexity index is 420. The average molecular weight is 356 g/mol. The maximum absolute atomic E-state index is 8.83. The second-order valence-electron chi connectivity index (χ2n) is 5.93. The first-order chi connectivity index (χ1) is 12.0. The van der Waals surface area contributed by atoms with Gasteiger partial charge in [0.2, 0.25) is 0 Å². The Balaban J connectivity index is 0.00000129. The molecule has 0 atom stereocenters. The molecule has 0 fully saturated rings. The quantitative estimate of drug-likeness (QED) is 0.415. The lowest BCUT2D eigenvalue weighted by molar-refractivity contribution is -0.0271. The summed E-state index contributed by atoms with van der Waals surface area (Å²) in [6, 6.07) is 8.22. The molecule has 0 radical (unpaired) electrons. The summed E-state index contributed by atoms with van der Waals surface area (Å²) in [5.74, 6) is 0. The summed E-state index contributed by atoms with van der Waals surface area (Å²) in [4.78, 5) is 0. The minimum absolute atomic E-state index is 0.0155. The highest BCUT2D eigenvalue weighted by atomic mass is 16.5. The van der Waals surface area contributed by atoms with Crippen LogP contribution in [0.15, 0.2) is 30.8 Å². The van der Waals surface area contributed by atoms with Crippen molar-refractivity contribution < 1.29 is 29.9 Å². The van der Waals surface area contributed by atoms with Crippen LogP contribution in [-0.4, -0.2) is 73.3 Å². The fraction of sp³-hybridized carbons (Fsp3) is 0.579. The van der Waals surface area contributed by atoms with Gasteiger partial charge in [-0.2, -0.15) is 0 Å². The van der Waals surface area contributed by atoms with Crippen LogP contribution in [0.4, 0.5) is 0 Å². The topological polar surface area (TPSA) is 99.4 Å². The standard InChI is InChI=1S/C17H26O4.C2H6O2/c1-3-15-4-6-16(7-5-15)12-17(2,13-20-10-8-18)14-21-11-9-19;3-1-2-4/h3-7,18-19H,1,8-14H2,2H3;3-4H,1-2H2. The van der Waals surface area contributed by atoms with Crippen molar-refractivity contribution >= 4 is 6.08 Å². The molecule has 0 aliphatic heterocycles. The molecule has 0 unspecified atom stereocenters. The van der Waals surface area contributed by atoms with E-state index in [1.54, 1.807) is 0 Å². The number of aliphatic hydroxyl groups excluding tert-OH is 4. The van der Waals surface area contributed by atoms with E-state index < -0.39 is 0 Å². The number of hydrogen-bond acceptors (Lipinski definition) is 6. The van der Waals surface area contributed by atoms with Gasteiger partial charge in [0.25, 0.3) is 0 Å². The molecule has 1 aromatic rings. The minimum atomic E-state index is -0.194. The first-order valence-corrected chi connectivity index (χ1v) is 8.35. The van der Waals surface area contributed by atoms with Gasteiger partial charge in [-0.25, -0.2) is 0 Å². The van der Waals surface area contributed by atoms with Crippen LogP contribution in [0.1, 0.15) is 18.1 Å². The highest BCUT2D eigenvalue weighted by Crippen LogP contribution is 2.24. The van der Waals surface area contributed by atoms with E-state index in [-0.39, 0.29) is 31.8 Å². The Morgan fingerprint density at radius 1 is 0.880 bits per heavy atom. The summed E-state index contributed by atoms with van der Waals surface area (Å²) >= 11 is 0. The van der Waals surface area contributed by atoms with E-state index in [2.05, 4.69) is 25.6 Å². The Morgan fingerprint density at radius 2 is 1.36 bits per heavy atom. The summed E-state index contributed by atoms with van der Waals surface area (Å²) in [5, 5.41) is 32.9. The van der Waals surface area contributed by atoms with Crippen LogP contribution in [0.2, 0.25) is 0 Å². The van der Waals surface area contributed by atoms with E-state index in [0.717, 1.165) is 12.0 Å². The molecule has 25 heavy (non-hydrogen) atoms. The Hall–Kier alpha value is -1.28. The lowest BCUT2D eigenvalue weighted by atomic mass is 9.85. The summed E-state index contributed by atoms with van der Waals surface area (Å²) in [7, 11) is 0. The molecule has 6 nitrogen and oxygen atoms in total. The van der Waals surface area contributed by atoms with Crippen molar-refractivity contribution in [2.75, 3.05) is 52.9 Å². The molecule has 0 aromatic heterocycles. The molecule has 0 spiro atoms. The number of rotatable bonds is 12. The monoisotopic (exact) mass is 356 g/mol. The molecule has 1 rings (SSSR count). The maximum atomic E-state index is 8.83. The highest BCUT2D eigenvalue weighted by molar-refractivity contribution is 5.47. The summed E-state index contributed by atoms with van der Waals surface area (Å²) in [5.41, 5.74) is 2.09. The second kappa shape index (κ2) is 15.0. The smallest absolute Gasteiger partial charge is 0.0698 e. The highest BCUT2D eigenvalue weighted by Gasteiger charge is 2.25. The van der Waals surface area contributed by atoms with Crippen molar-refractivity contribution in [3.63, 3.8) is 0 Å². The summed E-state index contributed by atoms with van der Waals surface area (Å²) < 4.78 is 11.0. The van der Waals surface area contributed by atoms with Gasteiger partial charge in [0, 0.05) is 5.41 Å². The zero-order valence-corrected chi connectivity index (χ0v) is 15.1. The second-order valence-corrected chi connectivity index (χ2v) is 5.93. The molecular weight excluding hydrogens is 324 g/mol. The van der Waals surface area contributed by atoms with E-state index in [1.807, 2.05) is 18.2 Å². The average Bonchev–Trinajstić information content (AvgIpc) is 2.63. The van der Waals surface area contributed by atoms with E-state index in [0.29, 0.717) is 26.4 Å². The van der Waals surface area contributed by atoms with Gasteiger partial charge in [-0.3, -0.25) is 0 Å². The summed E-state index contributed by atoms with van der Waals surface area (Å²) in [6.45, 7) is 7.27. The van der Waals surface area contributed by atoms with Crippen LogP contribution in [0.5, 0.6) is 0 Å². The Kier molecular flexibility index (Phi) is 14.2. The van der Waals surface area contributed by atoms with Gasteiger partial charge >= 0.3 is 0 Å². The van der Waals surface area contributed by atoms with Crippen molar-refractivity contribution in [1.29, 1.82) is 0 Å². The fourth-order valence-corrected chi connectivity index (χ4v) is 2.17. The van der Waals surface area contributed by atoms with Gasteiger partial charge in [0.15, 0.2) is 0 Å². The number of benzene rings is 1. The molecule has 4 N–H and O–H groups in total. The van der Waals surface area contributed by atoms with Crippen LogP contribution in [0.25, 0.3) is 6.08 Å². The number of ether oxygens (including phenoxy) is 2. The van der Waals surface area contributed by atoms with E-state index in [9.17, 15) is 0 Å². The molecule has 0 aliphatic carbocycles. The molecular formula is C19H32O6. The minimum Gasteiger partial charge on any atom is -0.394 e. The van der Waals surface area contributed by atoms with Crippen molar-refractivity contribution in [3.8, 4) is 0 Å². The van der Waals surface area contributed by atoms with Crippen LogP contribution >= 0.6 is 0 Å². The van der Waals surface area contributed by atoms with E-state index >= 15 is 0 Å². The van der Waals surface area contributed by atoms with Crippen molar-refractivity contribution in [2.24, 2.45) is 5.41 Å². The van der Waals surface area contributed by atoms with Crippen LogP contribution in [0, 0.1) is 5.41 Å². The zero-order chi connectivity index (χ0) is 19.0. The van der Waals surface area contributed by atoms with Crippen LogP contribution in [-0.2, 0) is 15.9 Å². The first kappa shape index (κ1) is 23.7. The van der Waals surface area contributed by atoms with E-state index in [4.69, 9.17) is 29.9 Å². The Labute approximate surface area is 150 Å². The number of aliphatic hydroxyl groups is 4. The van der Waals surface area contributed by atoms with Crippen LogP contribution in [0.3, 0.4) is 0 Å². The predicted octanol–water partition coefficient (Wildman–Crippen LogP) is 0.867. The van der Waals surface area contributed by atoms with Gasteiger partial charge in [-0.15, -0.1) is 0 Å². The van der Waals surface area contributed by atoms with Crippen molar-refractivity contribution in [1.82, 2.24) is 0 Å². The molecule has 1 aromatic carbocycles. The Morgan fingerprint density at radius 3 is 1.72 bits per heavy atom. The SMILES string of the molecule is C=Cc1ccc(CC(C)(COCCO)COCCO)cc1.OCCO. The molecule has 0 saturated heterocycles. The van der Waals surface area contributed by atoms with E-state index in [1.165, 1.54) is 5.56 Å².